The molecule has 1 aliphatic rings. The number of hydrogen-bond acceptors (Lipinski definition) is 2. The maximum atomic E-state index is 3.92. The van der Waals surface area contributed by atoms with E-state index >= 15 is 0 Å². The summed E-state index contributed by atoms with van der Waals surface area (Å²) >= 11 is 0. The van der Waals surface area contributed by atoms with Crippen LogP contribution in [0.4, 0.5) is 0 Å². The lowest BCUT2D eigenvalue weighted by atomic mass is 9.77. The maximum Gasteiger partial charge on any atom is 0.0144 e. The van der Waals surface area contributed by atoms with Gasteiger partial charge in [-0.2, -0.15) is 0 Å². The molecule has 0 saturated carbocycles. The Morgan fingerprint density at radius 1 is 0.947 bits per heavy atom. The van der Waals surface area contributed by atoms with Crippen molar-refractivity contribution in [3.05, 3.63) is 0 Å². The van der Waals surface area contributed by atoms with Crippen LogP contribution < -0.4 is 10.6 Å². The molecule has 0 radical (unpaired) electrons. The van der Waals surface area contributed by atoms with E-state index < -0.39 is 0 Å². The van der Waals surface area contributed by atoms with Crippen LogP contribution in [-0.2, 0) is 0 Å². The Hall–Kier alpha value is -0.0800. The molecule has 0 amide bonds. The van der Waals surface area contributed by atoms with Gasteiger partial charge in [0.1, 0.15) is 0 Å². The van der Waals surface area contributed by atoms with Crippen molar-refractivity contribution in [3.8, 4) is 0 Å². The molecule has 0 unspecified atom stereocenters. The predicted octanol–water partition coefficient (Wildman–Crippen LogP) is 4.10. The highest BCUT2D eigenvalue weighted by atomic mass is 15.1. The van der Waals surface area contributed by atoms with Gasteiger partial charge in [-0.1, -0.05) is 20.8 Å². The Labute approximate surface area is 121 Å². The molecule has 2 N–H and O–H groups in total. The summed E-state index contributed by atoms with van der Waals surface area (Å²) in [6.07, 6.45) is 3.60. The van der Waals surface area contributed by atoms with E-state index in [1.165, 1.54) is 19.3 Å². The SMILES string of the molecule is CC(C)(C)CC(C)(C)NC1CC(C)(C)NC(C)(C)C1. The zero-order valence-electron chi connectivity index (χ0n) is 14.7. The first-order valence-electron chi connectivity index (χ1n) is 7.77. The van der Waals surface area contributed by atoms with Crippen molar-refractivity contribution in [3.63, 3.8) is 0 Å². The Morgan fingerprint density at radius 3 is 1.74 bits per heavy atom. The van der Waals surface area contributed by atoms with Crippen LogP contribution in [0.5, 0.6) is 0 Å². The van der Waals surface area contributed by atoms with Crippen LogP contribution in [0.2, 0.25) is 0 Å². The number of nitrogens with one attached hydrogen (secondary N) is 2. The lowest BCUT2D eigenvalue weighted by Gasteiger charge is -2.49. The molecule has 1 saturated heterocycles. The van der Waals surface area contributed by atoms with Gasteiger partial charge in [-0.3, -0.25) is 0 Å². The summed E-state index contributed by atoms with van der Waals surface area (Å²) in [6.45, 7) is 20.9. The summed E-state index contributed by atoms with van der Waals surface area (Å²) in [4.78, 5) is 0. The molecular formula is C17H36N2. The van der Waals surface area contributed by atoms with Gasteiger partial charge in [-0.15, -0.1) is 0 Å². The molecular weight excluding hydrogens is 232 g/mol. The van der Waals surface area contributed by atoms with E-state index in [2.05, 4.69) is 72.9 Å². The molecule has 2 heteroatoms. The summed E-state index contributed by atoms with van der Waals surface area (Å²) in [5, 5.41) is 7.68. The third-order valence-electron chi connectivity index (χ3n) is 3.76. The van der Waals surface area contributed by atoms with Crippen molar-refractivity contribution in [2.45, 2.75) is 104 Å². The van der Waals surface area contributed by atoms with E-state index in [9.17, 15) is 0 Å². The molecule has 1 aliphatic heterocycles. The van der Waals surface area contributed by atoms with E-state index in [1.54, 1.807) is 0 Å². The first-order chi connectivity index (χ1) is 8.20. The molecule has 1 fully saturated rings. The van der Waals surface area contributed by atoms with Crippen molar-refractivity contribution in [2.75, 3.05) is 0 Å². The summed E-state index contributed by atoms with van der Waals surface area (Å²) in [5.41, 5.74) is 1.01. The molecule has 1 heterocycles. The molecule has 0 aromatic rings. The first-order valence-corrected chi connectivity index (χ1v) is 7.77. The van der Waals surface area contributed by atoms with Crippen molar-refractivity contribution in [1.82, 2.24) is 10.6 Å². The standard InChI is InChI=1S/C17H36N2/c1-14(2,3)12-17(8,9)18-13-10-15(4,5)19-16(6,7)11-13/h13,18-19H,10-12H2,1-9H3. The zero-order valence-corrected chi connectivity index (χ0v) is 14.7. The number of piperidine rings is 1. The molecule has 114 valence electrons. The van der Waals surface area contributed by atoms with Gasteiger partial charge in [0.05, 0.1) is 0 Å². The van der Waals surface area contributed by atoms with Crippen LogP contribution in [0.25, 0.3) is 0 Å². The Balaban J connectivity index is 2.70. The van der Waals surface area contributed by atoms with E-state index in [1.807, 2.05) is 0 Å². The topological polar surface area (TPSA) is 24.1 Å². The number of hydrogen-bond donors (Lipinski definition) is 2. The van der Waals surface area contributed by atoms with Crippen LogP contribution in [0.1, 0.15) is 81.6 Å². The van der Waals surface area contributed by atoms with Crippen molar-refractivity contribution in [2.24, 2.45) is 5.41 Å². The van der Waals surface area contributed by atoms with Gasteiger partial charge in [0.15, 0.2) is 0 Å². The van der Waals surface area contributed by atoms with Crippen molar-refractivity contribution in [1.29, 1.82) is 0 Å². The maximum absolute atomic E-state index is 3.92. The fraction of sp³-hybridized carbons (Fsp3) is 1.00. The minimum Gasteiger partial charge on any atom is -0.309 e. The minimum absolute atomic E-state index is 0.201. The molecule has 0 spiro atoms. The van der Waals surface area contributed by atoms with Crippen LogP contribution >= 0.6 is 0 Å². The Morgan fingerprint density at radius 2 is 1.37 bits per heavy atom. The van der Waals surface area contributed by atoms with Gasteiger partial charge in [0, 0.05) is 22.7 Å². The second-order valence-corrected chi connectivity index (χ2v) is 9.76. The van der Waals surface area contributed by atoms with Gasteiger partial charge in [0.25, 0.3) is 0 Å². The predicted molar refractivity (Wildman–Crippen MR) is 85.6 cm³/mol. The molecule has 0 bridgehead atoms. The van der Waals surface area contributed by atoms with Gasteiger partial charge in [-0.05, 0) is 66.2 Å². The summed E-state index contributed by atoms with van der Waals surface area (Å²) in [6, 6.07) is 0.601. The second-order valence-electron chi connectivity index (χ2n) is 9.76. The molecule has 0 atom stereocenters. The van der Waals surface area contributed by atoms with E-state index in [4.69, 9.17) is 0 Å². The van der Waals surface area contributed by atoms with Gasteiger partial charge in [0.2, 0.25) is 0 Å². The number of rotatable bonds is 3. The highest BCUT2D eigenvalue weighted by Crippen LogP contribution is 2.32. The Kier molecular flexibility index (Phi) is 4.50. The van der Waals surface area contributed by atoms with Gasteiger partial charge in [-0.25, -0.2) is 0 Å². The van der Waals surface area contributed by atoms with E-state index in [0.29, 0.717) is 11.5 Å². The van der Waals surface area contributed by atoms with Crippen molar-refractivity contribution >= 4 is 0 Å². The summed E-state index contributed by atoms with van der Waals surface area (Å²) < 4.78 is 0. The second kappa shape index (κ2) is 5.04. The van der Waals surface area contributed by atoms with E-state index in [0.717, 1.165) is 0 Å². The fourth-order valence-electron chi connectivity index (χ4n) is 4.35. The monoisotopic (exact) mass is 268 g/mol. The average molecular weight is 268 g/mol. The van der Waals surface area contributed by atoms with Crippen LogP contribution in [0.3, 0.4) is 0 Å². The van der Waals surface area contributed by atoms with Crippen molar-refractivity contribution < 1.29 is 0 Å². The summed E-state index contributed by atoms with van der Waals surface area (Å²) in [5.74, 6) is 0. The molecule has 0 aromatic carbocycles. The first kappa shape index (κ1) is 17.0. The van der Waals surface area contributed by atoms with Gasteiger partial charge < -0.3 is 10.6 Å². The molecule has 19 heavy (non-hydrogen) atoms. The molecule has 2 nitrogen and oxygen atoms in total. The molecule has 0 aliphatic carbocycles. The van der Waals surface area contributed by atoms with E-state index in [-0.39, 0.29) is 16.6 Å². The lowest BCUT2D eigenvalue weighted by molar-refractivity contribution is 0.117. The largest absolute Gasteiger partial charge is 0.309 e. The third kappa shape index (κ3) is 6.27. The summed E-state index contributed by atoms with van der Waals surface area (Å²) in [7, 11) is 0. The highest BCUT2D eigenvalue weighted by Gasteiger charge is 2.39. The molecule has 1 rings (SSSR count). The normalized spacial score (nSPS) is 24.5. The quantitative estimate of drug-likeness (QED) is 0.805. The minimum atomic E-state index is 0.201. The highest BCUT2D eigenvalue weighted by molar-refractivity contribution is 5.01. The van der Waals surface area contributed by atoms with Crippen LogP contribution in [0.15, 0.2) is 0 Å². The zero-order chi connectivity index (χ0) is 15.1. The molecule has 0 aromatic heterocycles. The lowest BCUT2D eigenvalue weighted by Crippen LogP contribution is -2.63. The van der Waals surface area contributed by atoms with Gasteiger partial charge >= 0.3 is 0 Å². The fourth-order valence-corrected chi connectivity index (χ4v) is 4.35. The Bertz CT molecular complexity index is 292. The van der Waals surface area contributed by atoms with Crippen LogP contribution in [0, 0.1) is 5.41 Å². The third-order valence-corrected chi connectivity index (χ3v) is 3.76. The average Bonchev–Trinajstić information content (AvgIpc) is 1.87. The smallest absolute Gasteiger partial charge is 0.0144 e. The van der Waals surface area contributed by atoms with Crippen LogP contribution in [-0.4, -0.2) is 22.7 Å².